The zero-order chi connectivity index (χ0) is 16.1. The SMILES string of the molecule is CC(C)NC(=O)C1CC2c3cccc4[nH]cc(c34)C[C@H]2N(C)C1. The number of benzene rings is 1. The number of carbonyl (C=O) groups is 1. The van der Waals surface area contributed by atoms with Crippen LogP contribution >= 0.6 is 0 Å². The Kier molecular flexibility index (Phi) is 3.45. The van der Waals surface area contributed by atoms with Crippen molar-refractivity contribution in [2.24, 2.45) is 5.92 Å². The van der Waals surface area contributed by atoms with Gasteiger partial charge in [0.05, 0.1) is 5.92 Å². The van der Waals surface area contributed by atoms with Crippen LogP contribution in [0.4, 0.5) is 0 Å². The fraction of sp³-hybridized carbons (Fsp3) is 0.526. The van der Waals surface area contributed by atoms with Crippen LogP contribution in [0.1, 0.15) is 37.3 Å². The normalized spacial score (nSPS) is 27.2. The molecular weight excluding hydrogens is 286 g/mol. The number of nitrogens with zero attached hydrogens (tertiary/aromatic N) is 1. The molecule has 2 N–H and O–H groups in total. The Balaban J connectivity index is 1.69. The lowest BCUT2D eigenvalue weighted by molar-refractivity contribution is -0.128. The first-order valence-electron chi connectivity index (χ1n) is 8.64. The van der Waals surface area contributed by atoms with Crippen LogP contribution in [0.2, 0.25) is 0 Å². The summed E-state index contributed by atoms with van der Waals surface area (Å²) in [5.74, 6) is 0.736. The minimum absolute atomic E-state index is 0.0828. The second-order valence-electron chi connectivity index (χ2n) is 7.50. The van der Waals surface area contributed by atoms with Gasteiger partial charge in [-0.15, -0.1) is 0 Å². The summed E-state index contributed by atoms with van der Waals surface area (Å²) in [6, 6.07) is 7.26. The first-order valence-corrected chi connectivity index (χ1v) is 8.64. The van der Waals surface area contributed by atoms with E-state index in [4.69, 9.17) is 0 Å². The van der Waals surface area contributed by atoms with Gasteiger partial charge in [-0.1, -0.05) is 12.1 Å². The maximum atomic E-state index is 12.5. The highest BCUT2D eigenvalue weighted by molar-refractivity contribution is 5.88. The zero-order valence-electron chi connectivity index (χ0n) is 14.1. The molecule has 4 heteroatoms. The topological polar surface area (TPSA) is 48.1 Å². The molecule has 4 nitrogen and oxygen atoms in total. The van der Waals surface area contributed by atoms with Gasteiger partial charge in [0.1, 0.15) is 0 Å². The molecule has 2 unspecified atom stereocenters. The highest BCUT2D eigenvalue weighted by atomic mass is 16.2. The molecule has 0 radical (unpaired) electrons. The molecule has 3 atom stereocenters. The lowest BCUT2D eigenvalue weighted by Gasteiger charge is -2.45. The summed E-state index contributed by atoms with van der Waals surface area (Å²) in [7, 11) is 2.17. The van der Waals surface area contributed by atoms with Crippen LogP contribution in [-0.4, -0.2) is 41.5 Å². The van der Waals surface area contributed by atoms with Crippen molar-refractivity contribution in [3.8, 4) is 0 Å². The molecule has 0 saturated carbocycles. The molecule has 1 aromatic heterocycles. The van der Waals surface area contributed by atoms with Crippen molar-refractivity contribution in [2.75, 3.05) is 13.6 Å². The summed E-state index contributed by atoms with van der Waals surface area (Å²) < 4.78 is 0. The third kappa shape index (κ3) is 2.36. The van der Waals surface area contributed by atoms with Crippen molar-refractivity contribution in [3.63, 3.8) is 0 Å². The number of likely N-dealkylation sites (N-methyl/N-ethyl adjacent to an activating group) is 1. The van der Waals surface area contributed by atoms with E-state index in [1.54, 1.807) is 0 Å². The minimum Gasteiger partial charge on any atom is -0.361 e. The van der Waals surface area contributed by atoms with Crippen molar-refractivity contribution < 1.29 is 4.79 Å². The van der Waals surface area contributed by atoms with Crippen LogP contribution in [0.25, 0.3) is 10.9 Å². The van der Waals surface area contributed by atoms with Gasteiger partial charge < -0.3 is 15.2 Å². The van der Waals surface area contributed by atoms with Crippen molar-refractivity contribution >= 4 is 16.8 Å². The molecular formula is C19H25N3O. The molecule has 0 spiro atoms. The number of H-pyrrole nitrogens is 1. The fourth-order valence-electron chi connectivity index (χ4n) is 4.53. The van der Waals surface area contributed by atoms with E-state index in [1.807, 2.05) is 13.8 Å². The Hall–Kier alpha value is -1.81. The molecule has 2 heterocycles. The highest BCUT2D eigenvalue weighted by Crippen LogP contribution is 2.44. The van der Waals surface area contributed by atoms with Gasteiger partial charge in [-0.3, -0.25) is 4.79 Å². The molecule has 4 rings (SSSR count). The van der Waals surface area contributed by atoms with E-state index >= 15 is 0 Å². The molecule has 1 amide bonds. The van der Waals surface area contributed by atoms with Gasteiger partial charge in [-0.2, -0.15) is 0 Å². The number of rotatable bonds is 2. The zero-order valence-corrected chi connectivity index (χ0v) is 14.1. The molecule has 1 aliphatic heterocycles. The maximum Gasteiger partial charge on any atom is 0.224 e. The van der Waals surface area contributed by atoms with E-state index in [0.717, 1.165) is 19.4 Å². The Bertz CT molecular complexity index is 748. The van der Waals surface area contributed by atoms with Gasteiger partial charge in [0.2, 0.25) is 5.91 Å². The predicted molar refractivity (Wildman–Crippen MR) is 92.5 cm³/mol. The summed E-state index contributed by atoms with van der Waals surface area (Å²) in [6.45, 7) is 4.91. The van der Waals surface area contributed by atoms with Crippen LogP contribution in [0.15, 0.2) is 24.4 Å². The number of hydrogen-bond donors (Lipinski definition) is 2. The van der Waals surface area contributed by atoms with Crippen molar-refractivity contribution in [2.45, 2.75) is 44.7 Å². The van der Waals surface area contributed by atoms with Crippen LogP contribution in [0.3, 0.4) is 0 Å². The number of fused-ring (bicyclic) bond motifs is 2. The standard InChI is InChI=1S/C19H25N3O/c1-11(2)21-19(23)13-7-15-14-5-4-6-16-18(14)12(9-20-16)8-17(15)22(3)10-13/h4-6,9,11,13,15,17,20H,7-8,10H2,1-3H3,(H,21,23)/t13?,15?,17-/m1/s1. The van der Waals surface area contributed by atoms with E-state index in [1.165, 1.54) is 22.0 Å². The average molecular weight is 311 g/mol. The number of hydrogen-bond acceptors (Lipinski definition) is 2. The molecule has 2 aliphatic rings. The molecule has 0 bridgehead atoms. The lowest BCUT2D eigenvalue weighted by Crippen LogP contribution is -2.52. The summed E-state index contributed by atoms with van der Waals surface area (Å²) in [4.78, 5) is 18.3. The van der Waals surface area contributed by atoms with Gasteiger partial charge in [0, 0.05) is 41.6 Å². The average Bonchev–Trinajstić information content (AvgIpc) is 2.92. The Labute approximate surface area is 137 Å². The third-order valence-corrected chi connectivity index (χ3v) is 5.53. The maximum absolute atomic E-state index is 12.5. The molecule has 1 saturated heterocycles. The summed E-state index contributed by atoms with van der Waals surface area (Å²) in [6.07, 6.45) is 4.20. The highest BCUT2D eigenvalue weighted by Gasteiger charge is 2.41. The van der Waals surface area contributed by atoms with Crippen LogP contribution in [0.5, 0.6) is 0 Å². The molecule has 1 fully saturated rings. The Morgan fingerprint density at radius 2 is 2.22 bits per heavy atom. The number of aromatic nitrogens is 1. The lowest BCUT2D eigenvalue weighted by atomic mass is 9.72. The monoisotopic (exact) mass is 311 g/mol. The number of aromatic amines is 1. The summed E-state index contributed by atoms with van der Waals surface area (Å²) >= 11 is 0. The van der Waals surface area contributed by atoms with E-state index in [0.29, 0.717) is 12.0 Å². The van der Waals surface area contributed by atoms with Crippen LogP contribution in [-0.2, 0) is 11.2 Å². The van der Waals surface area contributed by atoms with E-state index < -0.39 is 0 Å². The predicted octanol–water partition coefficient (Wildman–Crippen LogP) is 2.65. The molecule has 122 valence electrons. The minimum atomic E-state index is 0.0828. The number of likely N-dealkylation sites (tertiary alicyclic amines) is 1. The van der Waals surface area contributed by atoms with Gasteiger partial charge >= 0.3 is 0 Å². The Morgan fingerprint density at radius 3 is 3.00 bits per heavy atom. The number of carbonyl (C=O) groups excluding carboxylic acids is 1. The number of piperidine rings is 1. The van der Waals surface area contributed by atoms with E-state index in [9.17, 15) is 4.79 Å². The molecule has 1 aliphatic carbocycles. The van der Waals surface area contributed by atoms with Crippen LogP contribution in [0, 0.1) is 5.92 Å². The van der Waals surface area contributed by atoms with Crippen molar-refractivity contribution in [1.82, 2.24) is 15.2 Å². The summed E-state index contributed by atoms with van der Waals surface area (Å²) in [5, 5.41) is 4.49. The largest absolute Gasteiger partial charge is 0.361 e. The second kappa shape index (κ2) is 5.38. The smallest absolute Gasteiger partial charge is 0.224 e. The Morgan fingerprint density at radius 1 is 1.39 bits per heavy atom. The summed E-state index contributed by atoms with van der Waals surface area (Å²) in [5.41, 5.74) is 4.07. The van der Waals surface area contributed by atoms with E-state index in [2.05, 4.69) is 46.6 Å². The van der Waals surface area contributed by atoms with Crippen LogP contribution < -0.4 is 5.32 Å². The van der Waals surface area contributed by atoms with Gasteiger partial charge in [0.15, 0.2) is 0 Å². The quantitative estimate of drug-likeness (QED) is 0.896. The van der Waals surface area contributed by atoms with Crippen molar-refractivity contribution in [3.05, 3.63) is 35.5 Å². The van der Waals surface area contributed by atoms with Gasteiger partial charge in [-0.05, 0) is 50.9 Å². The van der Waals surface area contributed by atoms with E-state index in [-0.39, 0.29) is 17.9 Å². The molecule has 1 aromatic carbocycles. The number of amides is 1. The fourth-order valence-corrected chi connectivity index (χ4v) is 4.53. The second-order valence-corrected chi connectivity index (χ2v) is 7.50. The molecule has 2 aromatic rings. The molecule has 23 heavy (non-hydrogen) atoms. The third-order valence-electron chi connectivity index (χ3n) is 5.53. The first-order chi connectivity index (χ1) is 11.0. The first kappa shape index (κ1) is 14.8. The van der Waals surface area contributed by atoms with Crippen molar-refractivity contribution in [1.29, 1.82) is 0 Å². The van der Waals surface area contributed by atoms with Gasteiger partial charge in [0.25, 0.3) is 0 Å². The number of nitrogens with one attached hydrogen (secondary N) is 2. The van der Waals surface area contributed by atoms with Gasteiger partial charge in [-0.25, -0.2) is 0 Å².